The van der Waals surface area contributed by atoms with Crippen molar-refractivity contribution in [3.63, 3.8) is 0 Å². The molecule has 2 heterocycles. The molecule has 1 aromatic heterocycles. The van der Waals surface area contributed by atoms with E-state index in [9.17, 15) is 9.90 Å². The Morgan fingerprint density at radius 1 is 1.31 bits per heavy atom. The summed E-state index contributed by atoms with van der Waals surface area (Å²) in [5.41, 5.74) is 8.43. The fourth-order valence-corrected chi connectivity index (χ4v) is 3.03. The lowest BCUT2D eigenvalue weighted by molar-refractivity contribution is -0.137. The summed E-state index contributed by atoms with van der Waals surface area (Å²) < 4.78 is 5.34. The van der Waals surface area contributed by atoms with Gasteiger partial charge >= 0.3 is 5.97 Å². The van der Waals surface area contributed by atoms with Crippen molar-refractivity contribution in [2.24, 2.45) is 0 Å². The minimum Gasteiger partial charge on any atom is -0.480 e. The largest absolute Gasteiger partial charge is 0.480 e. The molecule has 1 aliphatic heterocycles. The highest BCUT2D eigenvalue weighted by atomic mass is 16.5. The number of carboxylic acids is 1. The summed E-state index contributed by atoms with van der Waals surface area (Å²) in [7, 11) is 0. The highest BCUT2D eigenvalue weighted by Gasteiger charge is 2.26. The Labute approximate surface area is 171 Å². The molecule has 154 valence electrons. The van der Waals surface area contributed by atoms with Crippen LogP contribution in [0.15, 0.2) is 36.5 Å². The maximum atomic E-state index is 11.9. The topological polar surface area (TPSA) is 112 Å². The fourth-order valence-electron chi connectivity index (χ4n) is 3.03. The number of benzene rings is 1. The smallest absolute Gasteiger partial charge is 0.317 e. The standard InChI is InChI=1S/C19H20N4O3.C3H8/c20-10-13-1-3-16(21)15(9-13)18(19(24)25)17-4-2-14(11-22-17)12-23-5-7-26-8-6-23;1-3-2/h1-4,9,11,18H,5-8,12,21H2,(H,24,25);3H2,1-2H3. The van der Waals surface area contributed by atoms with Gasteiger partial charge < -0.3 is 15.6 Å². The van der Waals surface area contributed by atoms with Crippen LogP contribution in [0, 0.1) is 11.3 Å². The van der Waals surface area contributed by atoms with E-state index >= 15 is 0 Å². The molecule has 7 nitrogen and oxygen atoms in total. The second-order valence-corrected chi connectivity index (χ2v) is 6.91. The van der Waals surface area contributed by atoms with E-state index in [0.717, 1.165) is 38.4 Å². The number of hydrogen-bond acceptors (Lipinski definition) is 6. The van der Waals surface area contributed by atoms with Crippen molar-refractivity contribution in [1.82, 2.24) is 9.88 Å². The first-order valence-corrected chi connectivity index (χ1v) is 9.77. The number of ether oxygens (including phenoxy) is 1. The second kappa shape index (κ2) is 11.1. The predicted octanol–water partition coefficient (Wildman–Crippen LogP) is 3.00. The van der Waals surface area contributed by atoms with Crippen molar-refractivity contribution in [3.05, 3.63) is 58.9 Å². The molecule has 0 amide bonds. The van der Waals surface area contributed by atoms with Crippen LogP contribution in [-0.4, -0.2) is 47.3 Å². The average Bonchev–Trinajstić information content (AvgIpc) is 2.72. The van der Waals surface area contributed by atoms with E-state index in [1.165, 1.54) is 12.5 Å². The summed E-state index contributed by atoms with van der Waals surface area (Å²) in [6, 6.07) is 10.2. The summed E-state index contributed by atoms with van der Waals surface area (Å²) in [6.07, 6.45) is 2.95. The Balaban J connectivity index is 0.000000941. The minimum absolute atomic E-state index is 0.329. The number of carboxylic acid groups (broad SMARTS) is 1. The number of morpholine rings is 1. The number of aliphatic carboxylic acids is 1. The molecule has 0 radical (unpaired) electrons. The first-order valence-electron chi connectivity index (χ1n) is 9.77. The van der Waals surface area contributed by atoms with Crippen LogP contribution in [0.2, 0.25) is 0 Å². The molecule has 0 saturated carbocycles. The molecule has 0 bridgehead atoms. The Bertz CT molecular complexity index is 840. The minimum atomic E-state index is -1.06. The molecule has 1 atom stereocenters. The SMILES string of the molecule is CCC.N#Cc1ccc(N)c(C(C(=O)O)c2ccc(CN3CCOCC3)cn2)c1. The monoisotopic (exact) mass is 396 g/mol. The van der Waals surface area contributed by atoms with Crippen LogP contribution in [0.4, 0.5) is 5.69 Å². The first-order chi connectivity index (χ1) is 14.0. The van der Waals surface area contributed by atoms with Crippen molar-refractivity contribution in [1.29, 1.82) is 5.26 Å². The number of nitrogens with two attached hydrogens (primary N) is 1. The van der Waals surface area contributed by atoms with Gasteiger partial charge in [0.1, 0.15) is 5.92 Å². The molecule has 1 unspecified atom stereocenters. The van der Waals surface area contributed by atoms with Gasteiger partial charge in [0.15, 0.2) is 0 Å². The van der Waals surface area contributed by atoms with Gasteiger partial charge in [0.2, 0.25) is 0 Å². The van der Waals surface area contributed by atoms with Crippen LogP contribution in [0.5, 0.6) is 0 Å². The molecule has 29 heavy (non-hydrogen) atoms. The second-order valence-electron chi connectivity index (χ2n) is 6.91. The average molecular weight is 396 g/mol. The van der Waals surface area contributed by atoms with Gasteiger partial charge in [0.25, 0.3) is 0 Å². The Morgan fingerprint density at radius 3 is 2.55 bits per heavy atom. The molecule has 1 aliphatic rings. The lowest BCUT2D eigenvalue weighted by atomic mass is 9.92. The third-order valence-corrected chi connectivity index (χ3v) is 4.43. The Hall–Kier alpha value is -2.95. The first kappa shape index (κ1) is 22.3. The van der Waals surface area contributed by atoms with Crippen molar-refractivity contribution in [2.75, 3.05) is 32.0 Å². The lowest BCUT2D eigenvalue weighted by Gasteiger charge is -2.26. The molecule has 1 aromatic carbocycles. The van der Waals surface area contributed by atoms with Gasteiger partial charge in [-0.05, 0) is 35.4 Å². The number of rotatable bonds is 5. The van der Waals surface area contributed by atoms with E-state index in [4.69, 9.17) is 15.7 Å². The quantitative estimate of drug-likeness (QED) is 0.747. The van der Waals surface area contributed by atoms with E-state index in [-0.39, 0.29) is 0 Å². The van der Waals surface area contributed by atoms with Crippen LogP contribution in [0.3, 0.4) is 0 Å². The van der Waals surface area contributed by atoms with Gasteiger partial charge in [0, 0.05) is 31.5 Å². The van der Waals surface area contributed by atoms with E-state index < -0.39 is 11.9 Å². The number of hydrogen-bond donors (Lipinski definition) is 2. The van der Waals surface area contributed by atoms with E-state index in [1.807, 2.05) is 12.1 Å². The number of nitrogen functional groups attached to an aromatic ring is 1. The number of carbonyl (C=O) groups is 1. The molecule has 3 rings (SSSR count). The number of pyridine rings is 1. The molecular weight excluding hydrogens is 368 g/mol. The van der Waals surface area contributed by atoms with Gasteiger partial charge in [-0.15, -0.1) is 0 Å². The molecular formula is C22H28N4O3. The molecule has 1 fully saturated rings. The van der Waals surface area contributed by atoms with Gasteiger partial charge in [0.05, 0.1) is 30.5 Å². The molecule has 0 spiro atoms. The Kier molecular flexibility index (Phi) is 8.59. The van der Waals surface area contributed by atoms with Crippen LogP contribution in [-0.2, 0) is 16.1 Å². The van der Waals surface area contributed by atoms with Crippen LogP contribution < -0.4 is 5.73 Å². The van der Waals surface area contributed by atoms with Gasteiger partial charge in [-0.3, -0.25) is 14.7 Å². The molecule has 0 aliphatic carbocycles. The third-order valence-electron chi connectivity index (χ3n) is 4.43. The normalized spacial score (nSPS) is 14.9. The molecule has 2 aromatic rings. The number of nitriles is 1. The summed E-state index contributed by atoms with van der Waals surface area (Å²) in [4.78, 5) is 18.5. The van der Waals surface area contributed by atoms with Crippen molar-refractivity contribution >= 4 is 11.7 Å². The zero-order valence-electron chi connectivity index (χ0n) is 17.0. The zero-order valence-corrected chi connectivity index (χ0v) is 17.0. The van der Waals surface area contributed by atoms with Gasteiger partial charge in [-0.1, -0.05) is 26.3 Å². The lowest BCUT2D eigenvalue weighted by Crippen LogP contribution is -2.35. The highest BCUT2D eigenvalue weighted by Crippen LogP contribution is 2.29. The summed E-state index contributed by atoms with van der Waals surface area (Å²) in [6.45, 7) is 8.19. The van der Waals surface area contributed by atoms with Crippen molar-refractivity contribution in [2.45, 2.75) is 32.7 Å². The number of aromatic nitrogens is 1. The van der Waals surface area contributed by atoms with Crippen molar-refractivity contribution in [3.8, 4) is 6.07 Å². The Morgan fingerprint density at radius 2 is 2.00 bits per heavy atom. The maximum Gasteiger partial charge on any atom is 0.317 e. The van der Waals surface area contributed by atoms with Gasteiger partial charge in [-0.25, -0.2) is 0 Å². The highest BCUT2D eigenvalue weighted by molar-refractivity contribution is 5.82. The van der Waals surface area contributed by atoms with Crippen LogP contribution in [0.1, 0.15) is 48.6 Å². The fraction of sp³-hybridized carbons (Fsp3) is 0.409. The van der Waals surface area contributed by atoms with Crippen LogP contribution >= 0.6 is 0 Å². The van der Waals surface area contributed by atoms with E-state index in [0.29, 0.717) is 22.5 Å². The summed E-state index contributed by atoms with van der Waals surface area (Å²) >= 11 is 0. The molecule has 3 N–H and O–H groups in total. The summed E-state index contributed by atoms with van der Waals surface area (Å²) in [5.74, 6) is -2.07. The van der Waals surface area contributed by atoms with Crippen LogP contribution in [0.25, 0.3) is 0 Å². The van der Waals surface area contributed by atoms with E-state index in [2.05, 4.69) is 23.7 Å². The van der Waals surface area contributed by atoms with Crippen molar-refractivity contribution < 1.29 is 14.6 Å². The van der Waals surface area contributed by atoms with Gasteiger partial charge in [-0.2, -0.15) is 5.26 Å². The summed E-state index contributed by atoms with van der Waals surface area (Å²) in [5, 5.41) is 18.8. The number of anilines is 1. The maximum absolute atomic E-state index is 11.9. The number of nitrogens with zero attached hydrogens (tertiary/aromatic N) is 3. The molecule has 1 saturated heterocycles. The molecule has 7 heteroatoms. The van der Waals surface area contributed by atoms with E-state index in [1.54, 1.807) is 24.4 Å². The zero-order chi connectivity index (χ0) is 21.2. The third kappa shape index (κ3) is 6.28. The predicted molar refractivity (Wildman–Crippen MR) is 111 cm³/mol.